The van der Waals surface area contributed by atoms with Gasteiger partial charge in [-0.2, -0.15) is 0 Å². The number of fused-ring (bicyclic) bond motifs is 1. The zero-order valence-corrected chi connectivity index (χ0v) is 26.5. The van der Waals surface area contributed by atoms with E-state index in [1.165, 1.54) is 34.6 Å². The minimum Gasteiger partial charge on any atom is -0.496 e. The predicted molar refractivity (Wildman–Crippen MR) is 160 cm³/mol. The molecule has 0 bridgehead atoms. The summed E-state index contributed by atoms with van der Waals surface area (Å²) in [7, 11) is -6.56. The molecule has 1 N–H and O–H groups in total. The molecule has 0 saturated heterocycles. The number of benzene rings is 3. The molecule has 0 aromatic heterocycles. The molecule has 3 aromatic rings. The number of sulfonamides is 2. The second kappa shape index (κ2) is 10.7. The lowest BCUT2D eigenvalue weighted by Gasteiger charge is -2.32. The van der Waals surface area contributed by atoms with Crippen molar-refractivity contribution in [1.82, 2.24) is 4.72 Å². The average Bonchev–Trinajstić information content (AvgIpc) is 3.24. The smallest absolute Gasteiger partial charge is 0.264 e. The molecule has 0 saturated carbocycles. The normalized spacial score (nSPS) is 16.1. The molecule has 0 radical (unpaired) electrons. The summed E-state index contributed by atoms with van der Waals surface area (Å²) in [5.41, 5.74) is 2.34. The van der Waals surface area contributed by atoms with Crippen LogP contribution in [0.1, 0.15) is 63.8 Å². The predicted octanol–water partition coefficient (Wildman–Crippen LogP) is 5.84. The second-order valence-corrected chi connectivity index (χ2v) is 16.2. The molecule has 10 heteroatoms. The van der Waals surface area contributed by atoms with Gasteiger partial charge in [-0.15, -0.1) is 0 Å². The number of halogens is 1. The van der Waals surface area contributed by atoms with Crippen LogP contribution >= 0.6 is 0 Å². The molecule has 41 heavy (non-hydrogen) atoms. The maximum Gasteiger partial charge on any atom is 0.264 e. The Morgan fingerprint density at radius 2 is 1.44 bits per heavy atom. The van der Waals surface area contributed by atoms with Gasteiger partial charge in [0.1, 0.15) is 11.6 Å². The largest absolute Gasteiger partial charge is 0.496 e. The molecule has 222 valence electrons. The molecular weight excluding hydrogens is 563 g/mol. The monoisotopic (exact) mass is 602 g/mol. The van der Waals surface area contributed by atoms with Gasteiger partial charge in [0.15, 0.2) is 0 Å². The molecule has 0 unspecified atom stereocenters. The number of methoxy groups -OCH3 is 1. The van der Waals surface area contributed by atoms with E-state index >= 15 is 0 Å². The Morgan fingerprint density at radius 1 is 0.878 bits per heavy atom. The minimum atomic E-state index is -4.22. The SMILES string of the molecule is COc1c(C(C)(C)C)cc(S(=O)(=O)N2c3ccc(F)cc3C[C@H]2CNS(=O)(=O)c2ccc(C)cc2)cc1C(C)(C)C. The Morgan fingerprint density at radius 3 is 1.95 bits per heavy atom. The summed E-state index contributed by atoms with van der Waals surface area (Å²) in [4.78, 5) is 0.149. The first-order valence-electron chi connectivity index (χ1n) is 13.5. The van der Waals surface area contributed by atoms with Crippen molar-refractivity contribution < 1.29 is 26.0 Å². The molecule has 1 atom stereocenters. The third-order valence-electron chi connectivity index (χ3n) is 7.35. The van der Waals surface area contributed by atoms with Crippen LogP contribution in [0.4, 0.5) is 10.1 Å². The van der Waals surface area contributed by atoms with E-state index in [2.05, 4.69) is 4.72 Å². The summed E-state index contributed by atoms with van der Waals surface area (Å²) in [5, 5.41) is 0. The van der Waals surface area contributed by atoms with Crippen molar-refractivity contribution in [1.29, 1.82) is 0 Å². The maximum atomic E-state index is 14.5. The van der Waals surface area contributed by atoms with E-state index in [4.69, 9.17) is 4.74 Å². The summed E-state index contributed by atoms with van der Waals surface area (Å²) in [6.07, 6.45) is 0.150. The molecule has 7 nitrogen and oxygen atoms in total. The molecule has 0 aliphatic carbocycles. The van der Waals surface area contributed by atoms with Crippen molar-refractivity contribution >= 4 is 25.7 Å². The highest BCUT2D eigenvalue weighted by molar-refractivity contribution is 7.93. The number of nitrogens with zero attached hydrogens (tertiary/aromatic N) is 1. The van der Waals surface area contributed by atoms with E-state index in [-0.39, 0.29) is 22.8 Å². The molecule has 0 fully saturated rings. The summed E-state index contributed by atoms with van der Waals surface area (Å²) in [5.74, 6) is 0.145. The molecule has 0 amide bonds. The van der Waals surface area contributed by atoms with Crippen LogP contribution in [0.2, 0.25) is 0 Å². The number of aryl methyl sites for hydroxylation is 1. The van der Waals surface area contributed by atoms with E-state index in [1.807, 2.05) is 48.5 Å². The highest BCUT2D eigenvalue weighted by atomic mass is 32.2. The van der Waals surface area contributed by atoms with Crippen molar-refractivity contribution in [2.24, 2.45) is 0 Å². The van der Waals surface area contributed by atoms with Crippen LogP contribution in [0.3, 0.4) is 0 Å². The van der Waals surface area contributed by atoms with Gasteiger partial charge < -0.3 is 4.74 Å². The van der Waals surface area contributed by atoms with Gasteiger partial charge in [0.25, 0.3) is 10.0 Å². The fraction of sp³-hybridized carbons (Fsp3) is 0.419. The number of rotatable bonds is 7. The zero-order valence-electron chi connectivity index (χ0n) is 24.9. The van der Waals surface area contributed by atoms with Gasteiger partial charge in [-0.05, 0) is 72.2 Å². The fourth-order valence-corrected chi connectivity index (χ4v) is 7.96. The average molecular weight is 603 g/mol. The van der Waals surface area contributed by atoms with E-state index in [1.54, 1.807) is 31.4 Å². The van der Waals surface area contributed by atoms with Gasteiger partial charge in [0.05, 0.1) is 28.6 Å². The Hall–Kier alpha value is -2.95. The van der Waals surface area contributed by atoms with Gasteiger partial charge in [0.2, 0.25) is 10.0 Å². The minimum absolute atomic E-state index is 0.0664. The first-order valence-corrected chi connectivity index (χ1v) is 16.4. The van der Waals surface area contributed by atoms with Gasteiger partial charge in [-0.25, -0.2) is 25.9 Å². The summed E-state index contributed by atoms with van der Waals surface area (Å²) < 4.78 is 79.0. The van der Waals surface area contributed by atoms with Crippen molar-refractivity contribution in [2.45, 2.75) is 81.5 Å². The zero-order chi connectivity index (χ0) is 30.5. The molecule has 3 aromatic carbocycles. The van der Waals surface area contributed by atoms with Crippen LogP contribution in [0.25, 0.3) is 0 Å². The topological polar surface area (TPSA) is 92.8 Å². The van der Waals surface area contributed by atoms with Gasteiger partial charge >= 0.3 is 0 Å². The third-order valence-corrected chi connectivity index (χ3v) is 10.6. The van der Waals surface area contributed by atoms with Crippen molar-refractivity contribution in [3.8, 4) is 5.75 Å². The lowest BCUT2D eigenvalue weighted by molar-refractivity contribution is 0.380. The summed E-state index contributed by atoms with van der Waals surface area (Å²) in [6, 6.07) is 12.8. The van der Waals surface area contributed by atoms with Gasteiger partial charge in [0, 0.05) is 17.7 Å². The molecular formula is C31H39FN2O5S2. The van der Waals surface area contributed by atoms with Crippen molar-refractivity contribution in [3.63, 3.8) is 0 Å². The highest BCUT2D eigenvalue weighted by Crippen LogP contribution is 2.44. The fourth-order valence-electron chi connectivity index (χ4n) is 5.15. The van der Waals surface area contributed by atoms with E-state index in [0.29, 0.717) is 17.0 Å². The second-order valence-electron chi connectivity index (χ2n) is 12.6. The van der Waals surface area contributed by atoms with Gasteiger partial charge in [-0.1, -0.05) is 59.2 Å². The lowest BCUT2D eigenvalue weighted by atomic mass is 9.79. The van der Waals surface area contributed by atoms with Crippen molar-refractivity contribution in [2.75, 3.05) is 18.0 Å². The summed E-state index contributed by atoms with van der Waals surface area (Å²) in [6.45, 7) is 13.6. The van der Waals surface area contributed by atoms with E-state index in [9.17, 15) is 21.2 Å². The Balaban J connectivity index is 1.83. The standard InChI is InChI=1S/C31H39FN2O5S2/c1-20-9-12-24(13-10-20)40(35,36)33-19-23-16-21-15-22(32)11-14-28(21)34(23)41(37,38)25-17-26(30(2,3)4)29(39-8)27(18-25)31(5,6)7/h9-15,17-18,23,33H,16,19H2,1-8H3/t23-/m0/s1. The quantitative estimate of drug-likeness (QED) is 0.367. The number of hydrogen-bond acceptors (Lipinski definition) is 5. The maximum absolute atomic E-state index is 14.5. The Bertz CT molecular complexity index is 1640. The number of hydrogen-bond donors (Lipinski definition) is 1. The number of nitrogens with one attached hydrogen (secondary N) is 1. The molecule has 1 heterocycles. The van der Waals surface area contributed by atoms with Crippen molar-refractivity contribution in [3.05, 3.63) is 82.7 Å². The first kappa shape index (κ1) is 31.0. The molecule has 0 spiro atoms. The summed E-state index contributed by atoms with van der Waals surface area (Å²) >= 11 is 0. The van der Waals surface area contributed by atoms with Crippen LogP contribution in [0, 0.1) is 12.7 Å². The number of anilines is 1. The van der Waals surface area contributed by atoms with Crippen LogP contribution in [0.5, 0.6) is 5.75 Å². The highest BCUT2D eigenvalue weighted by Gasteiger charge is 2.41. The first-order chi connectivity index (χ1) is 18.9. The van der Waals surface area contributed by atoms with E-state index < -0.39 is 42.7 Å². The Kier molecular flexibility index (Phi) is 8.10. The van der Waals surface area contributed by atoms with Crippen LogP contribution in [0.15, 0.2) is 64.4 Å². The lowest BCUT2D eigenvalue weighted by Crippen LogP contribution is -2.45. The van der Waals surface area contributed by atoms with Crippen LogP contribution in [-0.2, 0) is 37.3 Å². The van der Waals surface area contributed by atoms with E-state index in [0.717, 1.165) is 16.7 Å². The third kappa shape index (κ3) is 6.15. The molecule has 1 aliphatic heterocycles. The number of ether oxygens (including phenoxy) is 1. The Labute approximate surface area is 243 Å². The molecule has 4 rings (SSSR count). The van der Waals surface area contributed by atoms with Crippen LogP contribution < -0.4 is 13.8 Å². The van der Waals surface area contributed by atoms with Crippen LogP contribution in [-0.4, -0.2) is 36.5 Å². The van der Waals surface area contributed by atoms with Gasteiger partial charge in [-0.3, -0.25) is 4.31 Å². The molecule has 1 aliphatic rings.